The fraction of sp³-hybridized carbons (Fsp3) is 0.261. The molecule has 0 unspecified atom stereocenters. The molecule has 0 aliphatic heterocycles. The van der Waals surface area contributed by atoms with Gasteiger partial charge in [-0.25, -0.2) is 0 Å². The van der Waals surface area contributed by atoms with Crippen LogP contribution in [0.25, 0.3) is 10.9 Å². The third kappa shape index (κ3) is 3.96. The zero-order valence-corrected chi connectivity index (χ0v) is 17.9. The number of aromatic nitrogens is 1. The minimum atomic E-state index is -0.731. The van der Waals surface area contributed by atoms with Crippen LogP contribution in [0.4, 0.5) is 11.4 Å². The van der Waals surface area contributed by atoms with Crippen molar-refractivity contribution in [3.63, 3.8) is 0 Å². The normalized spacial score (nSPS) is 10.8. The van der Waals surface area contributed by atoms with Gasteiger partial charge in [-0.2, -0.15) is 0 Å². The number of hydrogen-bond donors (Lipinski definition) is 3. The zero-order chi connectivity index (χ0) is 22.9. The lowest BCUT2D eigenvalue weighted by Crippen LogP contribution is -2.29. The van der Waals surface area contributed by atoms with Crippen molar-refractivity contribution < 1.29 is 19.4 Å². The fourth-order valence-electron chi connectivity index (χ4n) is 3.62. The summed E-state index contributed by atoms with van der Waals surface area (Å²) in [7, 11) is 1.31. The number of fused-ring (bicyclic) bond motifs is 1. The molecule has 31 heavy (non-hydrogen) atoms. The maximum Gasteiger partial charge on any atom is 0.309 e. The maximum atomic E-state index is 13.0. The molecule has 8 heteroatoms. The number of amides is 1. The molecule has 0 aliphatic rings. The Morgan fingerprint density at radius 1 is 1.19 bits per heavy atom. The molecule has 0 atom stereocenters. The topological polar surface area (TPSA) is 124 Å². The van der Waals surface area contributed by atoms with Crippen LogP contribution in [0, 0.1) is 13.8 Å². The summed E-state index contributed by atoms with van der Waals surface area (Å²) >= 11 is 0. The summed E-state index contributed by atoms with van der Waals surface area (Å²) in [4.78, 5) is 37.4. The Morgan fingerprint density at radius 3 is 2.42 bits per heavy atom. The molecule has 1 aromatic heterocycles. The number of aryl methyl sites for hydroxylation is 3. The number of nitrogens with one attached hydrogen (secondary N) is 1. The molecule has 0 radical (unpaired) electrons. The van der Waals surface area contributed by atoms with Gasteiger partial charge in [-0.15, -0.1) is 0 Å². The second-order valence-corrected chi connectivity index (χ2v) is 7.30. The van der Waals surface area contributed by atoms with Crippen molar-refractivity contribution in [3.8, 4) is 5.75 Å². The van der Waals surface area contributed by atoms with Gasteiger partial charge in [0.1, 0.15) is 11.3 Å². The van der Waals surface area contributed by atoms with Crippen molar-refractivity contribution in [2.45, 2.75) is 33.7 Å². The molecule has 0 fully saturated rings. The average molecular weight is 423 g/mol. The summed E-state index contributed by atoms with van der Waals surface area (Å²) in [5, 5.41) is 13.9. The molecule has 8 nitrogen and oxygen atoms in total. The van der Waals surface area contributed by atoms with Gasteiger partial charge in [0.15, 0.2) is 0 Å². The third-order valence-corrected chi connectivity index (χ3v) is 5.37. The lowest BCUT2D eigenvalue weighted by molar-refractivity contribution is -0.139. The highest BCUT2D eigenvalue weighted by Gasteiger charge is 2.24. The SMILES string of the molecule is CCn1c(=O)c(C(=O)Nc2ccc(CC(=O)OC)cc2)c(O)c2c(C)c(N)c(C)cc21. The highest BCUT2D eigenvalue weighted by atomic mass is 16.5. The van der Waals surface area contributed by atoms with E-state index < -0.39 is 17.2 Å². The second-order valence-electron chi connectivity index (χ2n) is 7.30. The van der Waals surface area contributed by atoms with E-state index in [1.54, 1.807) is 44.2 Å². The van der Waals surface area contributed by atoms with Gasteiger partial charge in [0.25, 0.3) is 11.5 Å². The molecule has 3 rings (SSSR count). The van der Waals surface area contributed by atoms with E-state index in [1.807, 2.05) is 6.92 Å². The highest BCUT2D eigenvalue weighted by Crippen LogP contribution is 2.34. The first-order valence-electron chi connectivity index (χ1n) is 9.81. The summed E-state index contributed by atoms with van der Waals surface area (Å²) < 4.78 is 6.08. The summed E-state index contributed by atoms with van der Waals surface area (Å²) in [6.07, 6.45) is 0.109. The molecule has 0 spiro atoms. The number of pyridine rings is 1. The fourth-order valence-corrected chi connectivity index (χ4v) is 3.62. The Hall–Kier alpha value is -3.81. The van der Waals surface area contributed by atoms with Crippen molar-refractivity contribution in [2.75, 3.05) is 18.2 Å². The molecular formula is C23H25N3O5. The molecule has 1 amide bonds. The van der Waals surface area contributed by atoms with Crippen LogP contribution in [0.1, 0.15) is 34.0 Å². The first-order valence-corrected chi connectivity index (χ1v) is 9.81. The molecule has 162 valence electrons. The van der Waals surface area contributed by atoms with Gasteiger partial charge in [-0.05, 0) is 55.7 Å². The number of aromatic hydroxyl groups is 1. The van der Waals surface area contributed by atoms with Gasteiger partial charge in [-0.1, -0.05) is 12.1 Å². The molecule has 0 saturated carbocycles. The number of benzene rings is 2. The van der Waals surface area contributed by atoms with E-state index >= 15 is 0 Å². The Labute approximate surface area is 179 Å². The molecule has 3 aromatic rings. The number of nitrogens with two attached hydrogens (primary N) is 1. The van der Waals surface area contributed by atoms with Crippen molar-refractivity contribution in [1.29, 1.82) is 0 Å². The maximum absolute atomic E-state index is 13.0. The van der Waals surface area contributed by atoms with Crippen molar-refractivity contribution >= 4 is 34.2 Å². The van der Waals surface area contributed by atoms with Crippen LogP contribution in [-0.4, -0.2) is 28.7 Å². The number of carbonyl (C=O) groups excluding carboxylic acids is 2. The Balaban J connectivity index is 2.05. The first kappa shape index (κ1) is 21.9. The van der Waals surface area contributed by atoms with Crippen molar-refractivity contribution in [2.24, 2.45) is 0 Å². The van der Waals surface area contributed by atoms with Gasteiger partial charge in [0.2, 0.25) is 0 Å². The lowest BCUT2D eigenvalue weighted by atomic mass is 10.00. The zero-order valence-electron chi connectivity index (χ0n) is 17.9. The number of hydrogen-bond acceptors (Lipinski definition) is 6. The minimum Gasteiger partial charge on any atom is -0.506 e. The van der Waals surface area contributed by atoms with E-state index in [2.05, 4.69) is 10.1 Å². The molecule has 0 aliphatic carbocycles. The monoisotopic (exact) mass is 423 g/mol. The quantitative estimate of drug-likeness (QED) is 0.428. The van der Waals surface area contributed by atoms with Crippen molar-refractivity contribution in [3.05, 3.63) is 62.9 Å². The van der Waals surface area contributed by atoms with E-state index in [0.717, 1.165) is 5.56 Å². The largest absolute Gasteiger partial charge is 0.506 e. The summed E-state index contributed by atoms with van der Waals surface area (Å²) in [5.41, 5.74) is 8.74. The van der Waals surface area contributed by atoms with Crippen molar-refractivity contribution in [1.82, 2.24) is 4.57 Å². The highest BCUT2D eigenvalue weighted by molar-refractivity contribution is 6.10. The number of esters is 1. The molecule has 4 N–H and O–H groups in total. The Bertz CT molecular complexity index is 1240. The standard InChI is InChI=1S/C23H25N3O5/c1-5-26-16-10-12(2)20(24)13(3)18(16)21(28)19(23(26)30)22(29)25-15-8-6-14(7-9-15)11-17(27)31-4/h6-10,28H,5,11,24H2,1-4H3,(H,25,29). The van der Waals surface area contributed by atoms with Crippen LogP contribution in [-0.2, 0) is 22.5 Å². The van der Waals surface area contributed by atoms with Gasteiger partial charge in [0.05, 0.1) is 19.0 Å². The number of rotatable bonds is 5. The van der Waals surface area contributed by atoms with Crippen LogP contribution < -0.4 is 16.6 Å². The number of nitrogens with zero attached hydrogens (tertiary/aromatic N) is 1. The smallest absolute Gasteiger partial charge is 0.309 e. The van der Waals surface area contributed by atoms with E-state index in [9.17, 15) is 19.5 Å². The first-order chi connectivity index (χ1) is 14.7. The Morgan fingerprint density at radius 2 is 1.84 bits per heavy atom. The summed E-state index contributed by atoms with van der Waals surface area (Å²) in [5.74, 6) is -1.50. The van der Waals surface area contributed by atoms with Gasteiger partial charge in [-0.3, -0.25) is 14.4 Å². The average Bonchev–Trinajstić information content (AvgIpc) is 2.73. The predicted molar refractivity (Wildman–Crippen MR) is 120 cm³/mol. The predicted octanol–water partition coefficient (Wildman–Crippen LogP) is 2.89. The number of nitrogen functional groups attached to an aromatic ring is 1. The van der Waals surface area contributed by atoms with E-state index in [0.29, 0.717) is 39.9 Å². The van der Waals surface area contributed by atoms with E-state index in [-0.39, 0.29) is 18.0 Å². The van der Waals surface area contributed by atoms with Crippen LogP contribution in [0.2, 0.25) is 0 Å². The number of anilines is 2. The molecule has 0 bridgehead atoms. The van der Waals surface area contributed by atoms with E-state index in [4.69, 9.17) is 5.73 Å². The van der Waals surface area contributed by atoms with Gasteiger partial charge < -0.3 is 25.5 Å². The number of ether oxygens (including phenoxy) is 1. The Kier molecular flexibility index (Phi) is 6.01. The third-order valence-electron chi connectivity index (χ3n) is 5.37. The molecular weight excluding hydrogens is 398 g/mol. The molecule has 1 heterocycles. The van der Waals surface area contributed by atoms with Crippen LogP contribution >= 0.6 is 0 Å². The second kappa shape index (κ2) is 8.51. The molecule has 2 aromatic carbocycles. The lowest BCUT2D eigenvalue weighted by Gasteiger charge is -2.17. The number of carbonyl (C=O) groups is 2. The summed E-state index contributed by atoms with van der Waals surface area (Å²) in [6, 6.07) is 8.30. The van der Waals surface area contributed by atoms with Gasteiger partial charge >= 0.3 is 5.97 Å². The van der Waals surface area contributed by atoms with Crippen LogP contribution in [0.5, 0.6) is 5.75 Å². The summed E-state index contributed by atoms with van der Waals surface area (Å²) in [6.45, 7) is 5.69. The minimum absolute atomic E-state index is 0.109. The number of methoxy groups -OCH3 is 1. The van der Waals surface area contributed by atoms with E-state index in [1.165, 1.54) is 11.7 Å². The molecule has 0 saturated heterocycles. The van der Waals surface area contributed by atoms with Crippen LogP contribution in [0.15, 0.2) is 35.1 Å². The van der Waals surface area contributed by atoms with Crippen LogP contribution in [0.3, 0.4) is 0 Å². The van der Waals surface area contributed by atoms with Gasteiger partial charge in [0, 0.05) is 23.3 Å².